The Morgan fingerprint density at radius 3 is 2.84 bits per heavy atom. The quantitative estimate of drug-likeness (QED) is 0.418. The van der Waals surface area contributed by atoms with Crippen molar-refractivity contribution in [2.75, 3.05) is 26.8 Å². The molecule has 0 radical (unpaired) electrons. The smallest absolute Gasteiger partial charge is 0.300 e. The minimum absolute atomic E-state index is 0.230. The van der Waals surface area contributed by atoms with E-state index >= 15 is 0 Å². The van der Waals surface area contributed by atoms with Gasteiger partial charge in [0, 0.05) is 20.2 Å². The SMILES string of the molecule is COCCN(Cc1ccc(C(=O)NN)o1)CC(C)C. The number of nitrogens with two attached hydrogens (primary N) is 1. The molecule has 0 saturated heterocycles. The molecule has 0 aliphatic heterocycles. The summed E-state index contributed by atoms with van der Waals surface area (Å²) >= 11 is 0. The molecular weight excluding hydrogens is 246 g/mol. The Morgan fingerprint density at radius 1 is 1.53 bits per heavy atom. The zero-order valence-corrected chi connectivity index (χ0v) is 11.8. The predicted octanol–water partition coefficient (Wildman–Crippen LogP) is 0.987. The Balaban J connectivity index is 2.61. The maximum Gasteiger partial charge on any atom is 0.300 e. The molecule has 0 fully saturated rings. The Bertz CT molecular complexity index is 390. The van der Waals surface area contributed by atoms with Crippen molar-refractivity contribution < 1.29 is 13.9 Å². The van der Waals surface area contributed by atoms with Gasteiger partial charge in [0.15, 0.2) is 5.76 Å². The summed E-state index contributed by atoms with van der Waals surface area (Å²) in [6.45, 7) is 7.42. The van der Waals surface area contributed by atoms with Gasteiger partial charge in [-0.25, -0.2) is 5.84 Å². The molecule has 6 nitrogen and oxygen atoms in total. The maximum atomic E-state index is 11.3. The molecule has 0 atom stereocenters. The zero-order chi connectivity index (χ0) is 14.3. The minimum Gasteiger partial charge on any atom is -0.455 e. The summed E-state index contributed by atoms with van der Waals surface area (Å²) < 4.78 is 10.6. The molecule has 0 spiro atoms. The average molecular weight is 269 g/mol. The van der Waals surface area contributed by atoms with Gasteiger partial charge >= 0.3 is 5.91 Å². The van der Waals surface area contributed by atoms with E-state index in [2.05, 4.69) is 18.7 Å². The molecule has 0 bridgehead atoms. The number of hydrogen-bond donors (Lipinski definition) is 2. The molecular formula is C13H23N3O3. The van der Waals surface area contributed by atoms with E-state index in [4.69, 9.17) is 15.0 Å². The van der Waals surface area contributed by atoms with Crippen LogP contribution in [0.15, 0.2) is 16.5 Å². The van der Waals surface area contributed by atoms with Gasteiger partial charge < -0.3 is 9.15 Å². The second-order valence-electron chi connectivity index (χ2n) is 4.86. The van der Waals surface area contributed by atoms with Crippen LogP contribution in [0.2, 0.25) is 0 Å². The number of nitrogens with one attached hydrogen (secondary N) is 1. The first-order chi connectivity index (χ1) is 9.06. The van der Waals surface area contributed by atoms with Crippen molar-refractivity contribution in [3.05, 3.63) is 23.7 Å². The van der Waals surface area contributed by atoms with Crippen LogP contribution in [0.25, 0.3) is 0 Å². The number of ether oxygens (including phenoxy) is 1. The van der Waals surface area contributed by atoms with Gasteiger partial charge in [0.2, 0.25) is 0 Å². The largest absolute Gasteiger partial charge is 0.455 e. The van der Waals surface area contributed by atoms with Gasteiger partial charge in [0.05, 0.1) is 13.2 Å². The molecule has 6 heteroatoms. The number of carbonyl (C=O) groups is 1. The number of carbonyl (C=O) groups excluding carboxylic acids is 1. The molecule has 19 heavy (non-hydrogen) atoms. The van der Waals surface area contributed by atoms with E-state index in [1.165, 1.54) is 0 Å². The molecule has 0 unspecified atom stereocenters. The normalized spacial score (nSPS) is 11.3. The van der Waals surface area contributed by atoms with E-state index in [1.807, 2.05) is 5.43 Å². The third-order valence-corrected chi connectivity index (χ3v) is 2.63. The highest BCUT2D eigenvalue weighted by Gasteiger charge is 2.13. The summed E-state index contributed by atoms with van der Waals surface area (Å²) in [4.78, 5) is 13.5. The van der Waals surface area contributed by atoms with Crippen LogP contribution in [0.4, 0.5) is 0 Å². The topological polar surface area (TPSA) is 80.7 Å². The number of nitrogens with zero attached hydrogens (tertiary/aromatic N) is 1. The van der Waals surface area contributed by atoms with Crippen molar-refractivity contribution in [1.82, 2.24) is 10.3 Å². The standard InChI is InChI=1S/C13H23N3O3/c1-10(2)8-16(6-7-18-3)9-11-4-5-12(19-11)13(17)15-14/h4-5,10H,6-9,14H2,1-3H3,(H,15,17). The van der Waals surface area contributed by atoms with E-state index in [0.717, 1.165) is 18.8 Å². The van der Waals surface area contributed by atoms with Gasteiger partial charge in [-0.3, -0.25) is 15.1 Å². The van der Waals surface area contributed by atoms with Crippen molar-refractivity contribution in [3.63, 3.8) is 0 Å². The summed E-state index contributed by atoms with van der Waals surface area (Å²) in [5, 5.41) is 0. The number of hydrogen-bond acceptors (Lipinski definition) is 5. The monoisotopic (exact) mass is 269 g/mol. The lowest BCUT2D eigenvalue weighted by Gasteiger charge is -2.22. The molecule has 1 heterocycles. The Morgan fingerprint density at radius 2 is 2.26 bits per heavy atom. The van der Waals surface area contributed by atoms with Crippen LogP contribution < -0.4 is 11.3 Å². The van der Waals surface area contributed by atoms with Crippen molar-refractivity contribution in [3.8, 4) is 0 Å². The van der Waals surface area contributed by atoms with Crippen LogP contribution in [0.3, 0.4) is 0 Å². The Kier molecular flexibility index (Phi) is 6.55. The fourth-order valence-corrected chi connectivity index (χ4v) is 1.85. The van der Waals surface area contributed by atoms with Crippen LogP contribution in [-0.4, -0.2) is 37.6 Å². The fourth-order valence-electron chi connectivity index (χ4n) is 1.85. The number of hydrazine groups is 1. The molecule has 3 N–H and O–H groups in total. The van der Waals surface area contributed by atoms with Crippen LogP contribution in [0, 0.1) is 5.92 Å². The molecule has 0 saturated carbocycles. The van der Waals surface area contributed by atoms with Gasteiger partial charge in [0.1, 0.15) is 5.76 Å². The van der Waals surface area contributed by atoms with Crippen molar-refractivity contribution in [1.29, 1.82) is 0 Å². The first kappa shape index (κ1) is 15.7. The van der Waals surface area contributed by atoms with Crippen LogP contribution in [0.1, 0.15) is 30.2 Å². The molecule has 108 valence electrons. The lowest BCUT2D eigenvalue weighted by Crippen LogP contribution is -2.30. The van der Waals surface area contributed by atoms with E-state index < -0.39 is 5.91 Å². The molecule has 1 rings (SSSR count). The molecule has 1 aromatic rings. The number of amides is 1. The second kappa shape index (κ2) is 7.93. The maximum absolute atomic E-state index is 11.3. The summed E-state index contributed by atoms with van der Waals surface area (Å²) in [5.41, 5.74) is 2.05. The number of furan rings is 1. The number of nitrogen functional groups attached to an aromatic ring is 1. The van der Waals surface area contributed by atoms with Crippen molar-refractivity contribution in [2.24, 2.45) is 11.8 Å². The average Bonchev–Trinajstić information content (AvgIpc) is 2.82. The second-order valence-corrected chi connectivity index (χ2v) is 4.86. The third kappa shape index (κ3) is 5.42. The molecule has 0 aliphatic carbocycles. The summed E-state index contributed by atoms with van der Waals surface area (Å²) in [6.07, 6.45) is 0. The fraction of sp³-hybridized carbons (Fsp3) is 0.615. The van der Waals surface area contributed by atoms with Crippen LogP contribution >= 0.6 is 0 Å². The molecule has 0 aromatic carbocycles. The number of rotatable bonds is 8. The minimum atomic E-state index is -0.418. The lowest BCUT2D eigenvalue weighted by atomic mass is 10.2. The van der Waals surface area contributed by atoms with E-state index in [-0.39, 0.29) is 5.76 Å². The molecule has 1 aromatic heterocycles. The van der Waals surface area contributed by atoms with Gasteiger partial charge in [-0.15, -0.1) is 0 Å². The summed E-state index contributed by atoms with van der Waals surface area (Å²) in [7, 11) is 1.68. The highest BCUT2D eigenvalue weighted by molar-refractivity contribution is 5.90. The van der Waals surface area contributed by atoms with Crippen molar-refractivity contribution in [2.45, 2.75) is 20.4 Å². The van der Waals surface area contributed by atoms with Gasteiger partial charge in [-0.1, -0.05) is 13.8 Å². The Labute approximate surface area is 113 Å². The van der Waals surface area contributed by atoms with Crippen LogP contribution in [0.5, 0.6) is 0 Å². The van der Waals surface area contributed by atoms with E-state index in [1.54, 1.807) is 19.2 Å². The van der Waals surface area contributed by atoms with Gasteiger partial charge in [-0.2, -0.15) is 0 Å². The predicted molar refractivity (Wildman–Crippen MR) is 72.4 cm³/mol. The number of methoxy groups -OCH3 is 1. The van der Waals surface area contributed by atoms with Gasteiger partial charge in [-0.05, 0) is 18.1 Å². The first-order valence-electron chi connectivity index (χ1n) is 6.37. The highest BCUT2D eigenvalue weighted by Crippen LogP contribution is 2.12. The summed E-state index contributed by atoms with van der Waals surface area (Å²) in [5.74, 6) is 6.17. The van der Waals surface area contributed by atoms with E-state index in [9.17, 15) is 4.79 Å². The van der Waals surface area contributed by atoms with E-state index in [0.29, 0.717) is 19.1 Å². The molecule has 1 amide bonds. The lowest BCUT2D eigenvalue weighted by molar-refractivity contribution is 0.0918. The summed E-state index contributed by atoms with van der Waals surface area (Å²) in [6, 6.07) is 3.42. The van der Waals surface area contributed by atoms with Crippen LogP contribution in [-0.2, 0) is 11.3 Å². The highest BCUT2D eigenvalue weighted by atomic mass is 16.5. The molecule has 0 aliphatic rings. The zero-order valence-electron chi connectivity index (χ0n) is 11.8. The first-order valence-corrected chi connectivity index (χ1v) is 6.37. The third-order valence-electron chi connectivity index (χ3n) is 2.63. The van der Waals surface area contributed by atoms with Crippen molar-refractivity contribution >= 4 is 5.91 Å². The van der Waals surface area contributed by atoms with Gasteiger partial charge in [0.25, 0.3) is 0 Å². The Hall–Kier alpha value is -1.37.